The fraction of sp³-hybridized carbons (Fsp3) is 0.294. The summed E-state index contributed by atoms with van der Waals surface area (Å²) in [5, 5.41) is 3.31. The van der Waals surface area contributed by atoms with E-state index in [-0.39, 0.29) is 11.9 Å². The van der Waals surface area contributed by atoms with Crippen molar-refractivity contribution in [3.8, 4) is 0 Å². The maximum absolute atomic E-state index is 13.3. The molecular formula is C17H20FN. The van der Waals surface area contributed by atoms with Gasteiger partial charge in [-0.2, -0.15) is 0 Å². The van der Waals surface area contributed by atoms with Crippen LogP contribution in [0.2, 0.25) is 0 Å². The summed E-state index contributed by atoms with van der Waals surface area (Å²) in [4.78, 5) is 0. The highest BCUT2D eigenvalue weighted by atomic mass is 19.1. The second kappa shape index (κ2) is 6.48. The molecule has 0 fully saturated rings. The van der Waals surface area contributed by atoms with E-state index in [0.29, 0.717) is 5.56 Å². The van der Waals surface area contributed by atoms with Gasteiger partial charge in [0.05, 0.1) is 0 Å². The highest BCUT2D eigenvalue weighted by Gasteiger charge is 2.10. The number of halogens is 1. The molecule has 0 saturated heterocycles. The third-order valence-electron chi connectivity index (χ3n) is 3.50. The van der Waals surface area contributed by atoms with Crippen molar-refractivity contribution in [3.05, 3.63) is 71.0 Å². The first-order chi connectivity index (χ1) is 9.20. The van der Waals surface area contributed by atoms with Crippen LogP contribution in [0.15, 0.2) is 48.5 Å². The number of hydrogen-bond acceptors (Lipinski definition) is 1. The van der Waals surface area contributed by atoms with Gasteiger partial charge < -0.3 is 5.32 Å². The first-order valence-corrected chi connectivity index (χ1v) is 6.68. The number of nitrogens with one attached hydrogen (secondary N) is 1. The summed E-state index contributed by atoms with van der Waals surface area (Å²) < 4.78 is 13.3. The largest absolute Gasteiger partial charge is 0.313 e. The minimum absolute atomic E-state index is 0.137. The Labute approximate surface area is 114 Å². The molecule has 0 heterocycles. The minimum Gasteiger partial charge on any atom is -0.313 e. The van der Waals surface area contributed by atoms with Gasteiger partial charge in [0.1, 0.15) is 5.82 Å². The van der Waals surface area contributed by atoms with Crippen LogP contribution >= 0.6 is 0 Å². The molecule has 19 heavy (non-hydrogen) atoms. The van der Waals surface area contributed by atoms with Crippen molar-refractivity contribution in [1.29, 1.82) is 0 Å². The van der Waals surface area contributed by atoms with Gasteiger partial charge in [-0.15, -0.1) is 0 Å². The van der Waals surface area contributed by atoms with Gasteiger partial charge in [0.15, 0.2) is 0 Å². The van der Waals surface area contributed by atoms with Gasteiger partial charge in [-0.1, -0.05) is 42.5 Å². The lowest BCUT2D eigenvalue weighted by molar-refractivity contribution is 0.545. The number of aryl methyl sites for hydroxylation is 2. The van der Waals surface area contributed by atoms with Crippen LogP contribution in [0, 0.1) is 12.7 Å². The molecule has 1 N–H and O–H groups in total. The van der Waals surface area contributed by atoms with Crippen molar-refractivity contribution in [2.75, 3.05) is 7.05 Å². The average molecular weight is 257 g/mol. The standard InChI is InChI=1S/C17H20FN/c1-13-12-15(9-10-16(13)18)17(19-2)11-8-14-6-4-3-5-7-14/h3-7,9-10,12,17,19H,8,11H2,1-2H3. The van der Waals surface area contributed by atoms with Crippen LogP contribution in [0.3, 0.4) is 0 Å². The molecule has 2 rings (SSSR count). The smallest absolute Gasteiger partial charge is 0.126 e. The normalized spacial score (nSPS) is 12.4. The van der Waals surface area contributed by atoms with Gasteiger partial charge in [0.25, 0.3) is 0 Å². The van der Waals surface area contributed by atoms with E-state index in [0.717, 1.165) is 18.4 Å². The van der Waals surface area contributed by atoms with Gasteiger partial charge in [0.2, 0.25) is 0 Å². The molecule has 0 aromatic heterocycles. The van der Waals surface area contributed by atoms with Crippen LogP contribution in [-0.2, 0) is 6.42 Å². The summed E-state index contributed by atoms with van der Waals surface area (Å²) in [7, 11) is 1.95. The average Bonchev–Trinajstić information content (AvgIpc) is 2.44. The van der Waals surface area contributed by atoms with E-state index >= 15 is 0 Å². The van der Waals surface area contributed by atoms with Crippen LogP contribution in [-0.4, -0.2) is 7.05 Å². The molecule has 100 valence electrons. The van der Waals surface area contributed by atoms with Crippen LogP contribution in [0.1, 0.15) is 29.2 Å². The van der Waals surface area contributed by atoms with Gasteiger partial charge in [-0.3, -0.25) is 0 Å². The Morgan fingerprint density at radius 2 is 1.84 bits per heavy atom. The second-order valence-corrected chi connectivity index (χ2v) is 4.87. The zero-order chi connectivity index (χ0) is 13.7. The molecule has 0 amide bonds. The number of rotatable bonds is 5. The topological polar surface area (TPSA) is 12.0 Å². The molecular weight excluding hydrogens is 237 g/mol. The lowest BCUT2D eigenvalue weighted by Gasteiger charge is -2.17. The third-order valence-corrected chi connectivity index (χ3v) is 3.50. The van der Waals surface area contributed by atoms with E-state index in [4.69, 9.17) is 0 Å². The predicted molar refractivity (Wildman–Crippen MR) is 77.7 cm³/mol. The Morgan fingerprint density at radius 1 is 1.11 bits per heavy atom. The summed E-state index contributed by atoms with van der Waals surface area (Å²) >= 11 is 0. The molecule has 2 heteroatoms. The lowest BCUT2D eigenvalue weighted by Crippen LogP contribution is -2.17. The Kier molecular flexibility index (Phi) is 4.69. The molecule has 0 spiro atoms. The zero-order valence-electron chi connectivity index (χ0n) is 11.5. The summed E-state index contributed by atoms with van der Waals surface area (Å²) in [6.07, 6.45) is 2.02. The molecule has 1 atom stereocenters. The van der Waals surface area contributed by atoms with Gasteiger partial charge in [-0.05, 0) is 49.6 Å². The Hall–Kier alpha value is -1.67. The van der Waals surface area contributed by atoms with E-state index in [1.807, 2.05) is 32.2 Å². The fourth-order valence-corrected chi connectivity index (χ4v) is 2.32. The SMILES string of the molecule is CNC(CCc1ccccc1)c1ccc(F)c(C)c1. The molecule has 1 nitrogen and oxygen atoms in total. The first-order valence-electron chi connectivity index (χ1n) is 6.68. The number of benzene rings is 2. The molecule has 0 aliphatic rings. The van der Waals surface area contributed by atoms with Crippen molar-refractivity contribution < 1.29 is 4.39 Å². The summed E-state index contributed by atoms with van der Waals surface area (Å²) in [5.74, 6) is -0.137. The van der Waals surface area contributed by atoms with Gasteiger partial charge >= 0.3 is 0 Å². The third kappa shape index (κ3) is 3.65. The summed E-state index contributed by atoms with van der Waals surface area (Å²) in [5.41, 5.74) is 3.19. The first kappa shape index (κ1) is 13.8. The molecule has 0 bridgehead atoms. The minimum atomic E-state index is -0.137. The highest BCUT2D eigenvalue weighted by molar-refractivity contribution is 5.27. The van der Waals surface area contributed by atoms with Crippen molar-refractivity contribution in [2.45, 2.75) is 25.8 Å². The fourth-order valence-electron chi connectivity index (χ4n) is 2.32. The maximum Gasteiger partial charge on any atom is 0.126 e. The molecule has 2 aromatic rings. The Morgan fingerprint density at radius 3 is 2.47 bits per heavy atom. The second-order valence-electron chi connectivity index (χ2n) is 4.87. The lowest BCUT2D eigenvalue weighted by atomic mass is 9.98. The maximum atomic E-state index is 13.3. The summed E-state index contributed by atoms with van der Waals surface area (Å²) in [6.45, 7) is 1.81. The molecule has 0 aliphatic carbocycles. The van der Waals surface area contributed by atoms with Crippen molar-refractivity contribution in [3.63, 3.8) is 0 Å². The van der Waals surface area contributed by atoms with Crippen molar-refractivity contribution >= 4 is 0 Å². The molecule has 0 aliphatic heterocycles. The molecule has 0 saturated carbocycles. The van der Waals surface area contributed by atoms with E-state index in [1.165, 1.54) is 5.56 Å². The molecule has 0 radical (unpaired) electrons. The van der Waals surface area contributed by atoms with Crippen molar-refractivity contribution in [2.24, 2.45) is 0 Å². The van der Waals surface area contributed by atoms with Gasteiger partial charge in [-0.25, -0.2) is 4.39 Å². The van der Waals surface area contributed by atoms with Crippen LogP contribution in [0.4, 0.5) is 4.39 Å². The predicted octanol–water partition coefficient (Wildman–Crippen LogP) is 4.03. The Balaban J connectivity index is 2.05. The van der Waals surface area contributed by atoms with Crippen LogP contribution < -0.4 is 5.32 Å². The van der Waals surface area contributed by atoms with E-state index in [2.05, 4.69) is 29.6 Å². The van der Waals surface area contributed by atoms with E-state index in [9.17, 15) is 4.39 Å². The monoisotopic (exact) mass is 257 g/mol. The zero-order valence-corrected chi connectivity index (χ0v) is 11.5. The molecule has 1 unspecified atom stereocenters. The van der Waals surface area contributed by atoms with Crippen molar-refractivity contribution in [1.82, 2.24) is 5.32 Å². The highest BCUT2D eigenvalue weighted by Crippen LogP contribution is 2.21. The molecule has 2 aromatic carbocycles. The van der Waals surface area contributed by atoms with Gasteiger partial charge in [0, 0.05) is 6.04 Å². The van der Waals surface area contributed by atoms with Crippen LogP contribution in [0.25, 0.3) is 0 Å². The van der Waals surface area contributed by atoms with E-state index in [1.54, 1.807) is 6.07 Å². The van der Waals surface area contributed by atoms with Crippen LogP contribution in [0.5, 0.6) is 0 Å². The quantitative estimate of drug-likeness (QED) is 0.852. The summed E-state index contributed by atoms with van der Waals surface area (Å²) in [6, 6.07) is 16.1. The Bertz CT molecular complexity index is 522. The number of hydrogen-bond donors (Lipinski definition) is 1. The van der Waals surface area contributed by atoms with E-state index < -0.39 is 0 Å².